The van der Waals surface area contributed by atoms with Crippen LogP contribution in [0.1, 0.15) is 29.2 Å². The van der Waals surface area contributed by atoms with Crippen LogP contribution < -0.4 is 19.5 Å². The van der Waals surface area contributed by atoms with E-state index in [0.717, 1.165) is 22.4 Å². The van der Waals surface area contributed by atoms with Crippen LogP contribution in [0.4, 0.5) is 0 Å². The van der Waals surface area contributed by atoms with E-state index < -0.39 is 5.91 Å². The van der Waals surface area contributed by atoms with E-state index in [1.54, 1.807) is 19.3 Å². The zero-order valence-electron chi connectivity index (χ0n) is 20.9. The molecule has 3 aromatic carbocycles. The standard InChI is InChI=1S/C30H29ClN2O4/c1-4-8-23-15-22(16-25(18-32)30(34)33-19-21-11-13-26(35-3)14-12-21)17-28(36-5-2)29(23)37-20-24-9-6-7-10-27(24)31/h4,6-7,9-17H,1,5,8,19-20H2,2-3H3,(H,33,34)/b25-16-. The molecule has 0 saturated carbocycles. The molecule has 0 unspecified atom stereocenters. The minimum Gasteiger partial charge on any atom is -0.497 e. The third-order valence-electron chi connectivity index (χ3n) is 5.44. The number of amides is 1. The normalized spacial score (nSPS) is 10.8. The third-order valence-corrected chi connectivity index (χ3v) is 5.80. The third kappa shape index (κ3) is 7.63. The lowest BCUT2D eigenvalue weighted by Crippen LogP contribution is -2.23. The van der Waals surface area contributed by atoms with Gasteiger partial charge in [0.2, 0.25) is 0 Å². The fraction of sp³-hybridized carbons (Fsp3) is 0.200. The number of rotatable bonds is 12. The van der Waals surface area contributed by atoms with E-state index in [1.165, 1.54) is 6.08 Å². The Labute approximate surface area is 222 Å². The maximum absolute atomic E-state index is 12.7. The first kappa shape index (κ1) is 27.4. The Hall–Kier alpha value is -4.21. The Morgan fingerprint density at radius 2 is 1.86 bits per heavy atom. The van der Waals surface area contributed by atoms with Gasteiger partial charge in [-0.15, -0.1) is 6.58 Å². The van der Waals surface area contributed by atoms with Crippen molar-refractivity contribution in [2.24, 2.45) is 0 Å². The van der Waals surface area contributed by atoms with Crippen LogP contribution in [0.15, 0.2) is 78.9 Å². The molecule has 0 atom stereocenters. The second kappa shape index (κ2) is 13.8. The first-order chi connectivity index (χ1) is 18.0. The average Bonchev–Trinajstić information content (AvgIpc) is 2.91. The Kier molecular flexibility index (Phi) is 10.2. The number of carbonyl (C=O) groups excluding carboxylic acids is 1. The van der Waals surface area contributed by atoms with Gasteiger partial charge in [-0.25, -0.2) is 0 Å². The number of allylic oxidation sites excluding steroid dienone is 1. The predicted molar refractivity (Wildman–Crippen MR) is 146 cm³/mol. The fourth-order valence-corrected chi connectivity index (χ4v) is 3.79. The highest BCUT2D eigenvalue weighted by Crippen LogP contribution is 2.35. The van der Waals surface area contributed by atoms with Crippen LogP contribution in [0.5, 0.6) is 17.2 Å². The lowest BCUT2D eigenvalue weighted by atomic mass is 10.0. The Bertz CT molecular complexity index is 1310. The molecule has 3 rings (SSSR count). The van der Waals surface area contributed by atoms with Crippen LogP contribution in [-0.2, 0) is 24.4 Å². The molecule has 0 aliphatic carbocycles. The molecule has 0 bridgehead atoms. The molecule has 0 fully saturated rings. The summed E-state index contributed by atoms with van der Waals surface area (Å²) >= 11 is 6.29. The van der Waals surface area contributed by atoms with E-state index in [9.17, 15) is 10.1 Å². The van der Waals surface area contributed by atoms with Gasteiger partial charge in [0.1, 0.15) is 24.0 Å². The molecule has 0 aliphatic rings. The Morgan fingerprint density at radius 3 is 2.51 bits per heavy atom. The maximum atomic E-state index is 12.7. The van der Waals surface area contributed by atoms with Gasteiger partial charge >= 0.3 is 0 Å². The number of hydrogen-bond acceptors (Lipinski definition) is 5. The molecule has 3 aromatic rings. The molecule has 37 heavy (non-hydrogen) atoms. The van der Waals surface area contributed by atoms with Gasteiger partial charge in [0.25, 0.3) is 5.91 Å². The summed E-state index contributed by atoms with van der Waals surface area (Å²) in [7, 11) is 1.59. The highest BCUT2D eigenvalue weighted by molar-refractivity contribution is 6.31. The summed E-state index contributed by atoms with van der Waals surface area (Å²) < 4.78 is 17.2. The van der Waals surface area contributed by atoms with Gasteiger partial charge in [-0.05, 0) is 60.9 Å². The molecule has 0 spiro atoms. The van der Waals surface area contributed by atoms with Crippen LogP contribution in [0.25, 0.3) is 6.08 Å². The summed E-state index contributed by atoms with van der Waals surface area (Å²) in [6.07, 6.45) is 3.80. The number of benzene rings is 3. The van der Waals surface area contributed by atoms with E-state index in [0.29, 0.717) is 35.1 Å². The second-order valence-corrected chi connectivity index (χ2v) is 8.42. The fourth-order valence-electron chi connectivity index (χ4n) is 3.60. The van der Waals surface area contributed by atoms with Gasteiger partial charge < -0.3 is 19.5 Å². The number of nitrogens with zero attached hydrogens (tertiary/aromatic N) is 1. The van der Waals surface area contributed by atoms with Crippen molar-refractivity contribution in [2.75, 3.05) is 13.7 Å². The number of nitrogens with one attached hydrogen (secondary N) is 1. The summed E-state index contributed by atoms with van der Waals surface area (Å²) in [6.45, 7) is 6.68. The molecular weight excluding hydrogens is 488 g/mol. The van der Waals surface area contributed by atoms with E-state index in [4.69, 9.17) is 25.8 Å². The van der Waals surface area contributed by atoms with E-state index in [1.807, 2.05) is 67.6 Å². The molecule has 1 N–H and O–H groups in total. The number of ether oxygens (including phenoxy) is 3. The van der Waals surface area contributed by atoms with Gasteiger partial charge in [-0.2, -0.15) is 5.26 Å². The molecule has 190 valence electrons. The van der Waals surface area contributed by atoms with E-state index in [2.05, 4.69) is 11.9 Å². The van der Waals surface area contributed by atoms with Gasteiger partial charge in [-0.3, -0.25) is 4.79 Å². The molecular formula is C30H29ClN2O4. The quantitative estimate of drug-likeness (QED) is 0.174. The SMILES string of the molecule is C=CCc1cc(/C=C(/C#N)C(=O)NCc2ccc(OC)cc2)cc(OCC)c1OCc1ccccc1Cl. The first-order valence-electron chi connectivity index (χ1n) is 11.8. The minimum absolute atomic E-state index is 0.0229. The van der Waals surface area contributed by atoms with Crippen LogP contribution in [0.3, 0.4) is 0 Å². The van der Waals surface area contributed by atoms with Crippen LogP contribution in [0.2, 0.25) is 5.02 Å². The minimum atomic E-state index is -0.472. The molecule has 7 heteroatoms. The summed E-state index contributed by atoms with van der Waals surface area (Å²) in [5.74, 6) is 1.34. The van der Waals surface area contributed by atoms with Gasteiger partial charge in [0, 0.05) is 22.7 Å². The molecule has 0 aliphatic heterocycles. The highest BCUT2D eigenvalue weighted by atomic mass is 35.5. The Balaban J connectivity index is 1.85. The van der Waals surface area contributed by atoms with Crippen molar-refractivity contribution in [3.63, 3.8) is 0 Å². The van der Waals surface area contributed by atoms with E-state index >= 15 is 0 Å². The van der Waals surface area contributed by atoms with Gasteiger partial charge in [0.05, 0.1) is 13.7 Å². The summed E-state index contributed by atoms with van der Waals surface area (Å²) in [5.41, 5.74) is 3.17. The molecule has 0 heterocycles. The second-order valence-electron chi connectivity index (χ2n) is 8.01. The highest BCUT2D eigenvalue weighted by Gasteiger charge is 2.16. The van der Waals surface area contributed by atoms with Crippen molar-refractivity contribution in [1.82, 2.24) is 5.32 Å². The zero-order valence-corrected chi connectivity index (χ0v) is 21.7. The molecule has 0 aromatic heterocycles. The van der Waals surface area contributed by atoms with Crippen molar-refractivity contribution in [2.45, 2.75) is 26.5 Å². The lowest BCUT2D eigenvalue weighted by molar-refractivity contribution is -0.117. The summed E-state index contributed by atoms with van der Waals surface area (Å²) in [6, 6.07) is 20.4. The Morgan fingerprint density at radius 1 is 1.11 bits per heavy atom. The average molecular weight is 517 g/mol. The molecule has 1 amide bonds. The molecule has 0 radical (unpaired) electrons. The van der Waals surface area contributed by atoms with Crippen molar-refractivity contribution in [3.8, 4) is 23.3 Å². The number of methoxy groups -OCH3 is 1. The predicted octanol–water partition coefficient (Wildman–Crippen LogP) is 6.28. The van der Waals surface area contributed by atoms with Crippen LogP contribution in [-0.4, -0.2) is 19.6 Å². The molecule has 0 saturated heterocycles. The zero-order chi connectivity index (χ0) is 26.6. The first-order valence-corrected chi connectivity index (χ1v) is 12.2. The number of hydrogen-bond donors (Lipinski definition) is 1. The van der Waals surface area contributed by atoms with Crippen LogP contribution in [0, 0.1) is 11.3 Å². The lowest BCUT2D eigenvalue weighted by Gasteiger charge is -2.17. The maximum Gasteiger partial charge on any atom is 0.262 e. The number of nitriles is 1. The topological polar surface area (TPSA) is 80.6 Å². The van der Waals surface area contributed by atoms with Crippen LogP contribution >= 0.6 is 11.6 Å². The summed E-state index contributed by atoms with van der Waals surface area (Å²) in [5, 5.41) is 13.1. The number of halogens is 1. The number of carbonyl (C=O) groups is 1. The van der Waals surface area contributed by atoms with Crippen molar-refractivity contribution < 1.29 is 19.0 Å². The van der Waals surface area contributed by atoms with Crippen molar-refractivity contribution >= 4 is 23.6 Å². The smallest absolute Gasteiger partial charge is 0.262 e. The molecule has 6 nitrogen and oxygen atoms in total. The van der Waals surface area contributed by atoms with Crippen molar-refractivity contribution in [3.05, 3.63) is 106 Å². The summed E-state index contributed by atoms with van der Waals surface area (Å²) in [4.78, 5) is 12.7. The van der Waals surface area contributed by atoms with Gasteiger partial charge in [-0.1, -0.05) is 48.0 Å². The monoisotopic (exact) mass is 516 g/mol. The largest absolute Gasteiger partial charge is 0.497 e. The van der Waals surface area contributed by atoms with Gasteiger partial charge in [0.15, 0.2) is 11.5 Å². The van der Waals surface area contributed by atoms with Crippen molar-refractivity contribution in [1.29, 1.82) is 5.26 Å². The van der Waals surface area contributed by atoms with E-state index in [-0.39, 0.29) is 18.7 Å².